The molecule has 0 fully saturated rings. The highest BCUT2D eigenvalue weighted by molar-refractivity contribution is 8.00. The first-order valence-electron chi connectivity index (χ1n) is 8.20. The van der Waals surface area contributed by atoms with Crippen LogP contribution in [-0.4, -0.2) is 22.7 Å². The van der Waals surface area contributed by atoms with Crippen LogP contribution in [0.25, 0.3) is 0 Å². The van der Waals surface area contributed by atoms with Gasteiger partial charge in [0, 0.05) is 5.75 Å². The number of aromatic nitrogens is 2. The van der Waals surface area contributed by atoms with Crippen LogP contribution in [0.15, 0.2) is 46.8 Å². The second kappa shape index (κ2) is 8.96. The summed E-state index contributed by atoms with van der Waals surface area (Å²) < 4.78 is 19.1. The van der Waals surface area contributed by atoms with Crippen molar-refractivity contribution in [2.45, 2.75) is 23.9 Å². The number of halogens is 1. The van der Waals surface area contributed by atoms with Gasteiger partial charge >= 0.3 is 0 Å². The molecule has 0 atom stereocenters. The summed E-state index contributed by atoms with van der Waals surface area (Å²) in [5.41, 5.74) is 3.27. The molecule has 3 aromatic rings. The number of rotatable bonds is 7. The lowest BCUT2D eigenvalue weighted by Gasteiger charge is -2.07. The van der Waals surface area contributed by atoms with Gasteiger partial charge in [-0.05, 0) is 54.8 Å². The van der Waals surface area contributed by atoms with Gasteiger partial charge in [-0.25, -0.2) is 4.39 Å². The first-order chi connectivity index (χ1) is 13.0. The summed E-state index contributed by atoms with van der Waals surface area (Å²) in [6, 6.07) is 12.0. The first kappa shape index (κ1) is 19.3. The Bertz CT molecular complexity index is 929. The molecular weight excluding hydrogens is 385 g/mol. The van der Waals surface area contributed by atoms with Crippen molar-refractivity contribution < 1.29 is 13.9 Å². The lowest BCUT2D eigenvalue weighted by molar-refractivity contribution is -0.118. The molecule has 3 rings (SSSR count). The third kappa shape index (κ3) is 5.77. The summed E-state index contributed by atoms with van der Waals surface area (Å²) in [6.45, 7) is 3.92. The first-order valence-corrected chi connectivity index (χ1v) is 10.0. The van der Waals surface area contributed by atoms with Crippen LogP contribution in [0.2, 0.25) is 0 Å². The van der Waals surface area contributed by atoms with Gasteiger partial charge in [0.15, 0.2) is 10.9 Å². The summed E-state index contributed by atoms with van der Waals surface area (Å²) in [5, 5.41) is 11.1. The van der Waals surface area contributed by atoms with Crippen molar-refractivity contribution in [2.75, 3.05) is 11.9 Å². The average molecular weight is 404 g/mol. The topological polar surface area (TPSA) is 64.1 Å². The maximum absolute atomic E-state index is 12.9. The molecule has 0 unspecified atom stereocenters. The fourth-order valence-electron chi connectivity index (χ4n) is 2.15. The van der Waals surface area contributed by atoms with Crippen molar-refractivity contribution >= 4 is 34.1 Å². The highest BCUT2D eigenvalue weighted by Crippen LogP contribution is 2.28. The van der Waals surface area contributed by atoms with E-state index >= 15 is 0 Å². The number of nitrogens with one attached hydrogen (secondary N) is 1. The lowest BCUT2D eigenvalue weighted by Crippen LogP contribution is -2.20. The highest BCUT2D eigenvalue weighted by Gasteiger charge is 2.10. The van der Waals surface area contributed by atoms with Crippen LogP contribution in [0.3, 0.4) is 0 Å². The van der Waals surface area contributed by atoms with Gasteiger partial charge in [0.05, 0.1) is 0 Å². The Balaban J connectivity index is 1.47. The molecule has 1 aromatic heterocycles. The molecule has 0 bridgehead atoms. The summed E-state index contributed by atoms with van der Waals surface area (Å²) in [5.74, 6) is 0.756. The molecule has 0 aliphatic rings. The smallest absolute Gasteiger partial charge is 0.264 e. The zero-order chi connectivity index (χ0) is 19.2. The minimum Gasteiger partial charge on any atom is -0.484 e. The van der Waals surface area contributed by atoms with E-state index in [-0.39, 0.29) is 18.3 Å². The molecule has 2 aromatic carbocycles. The molecule has 0 aliphatic carbocycles. The Morgan fingerprint density at radius 1 is 1.15 bits per heavy atom. The number of hydrogen-bond donors (Lipinski definition) is 1. The van der Waals surface area contributed by atoms with Gasteiger partial charge in [-0.3, -0.25) is 10.1 Å². The molecule has 0 radical (unpaired) electrons. The van der Waals surface area contributed by atoms with Gasteiger partial charge in [-0.1, -0.05) is 41.3 Å². The average Bonchev–Trinajstić information content (AvgIpc) is 3.09. The number of carbonyl (C=O) groups excluding carboxylic acids is 1. The third-order valence-corrected chi connectivity index (χ3v) is 5.82. The number of hydrogen-bond acceptors (Lipinski definition) is 6. The number of benzene rings is 2. The van der Waals surface area contributed by atoms with E-state index in [1.807, 2.05) is 32.0 Å². The molecule has 140 valence electrons. The molecule has 1 N–H and O–H groups in total. The van der Waals surface area contributed by atoms with E-state index in [9.17, 15) is 9.18 Å². The predicted molar refractivity (Wildman–Crippen MR) is 106 cm³/mol. The molecular formula is C19H18FN3O2S2. The maximum Gasteiger partial charge on any atom is 0.264 e. The van der Waals surface area contributed by atoms with E-state index in [1.54, 1.807) is 12.1 Å². The van der Waals surface area contributed by atoms with E-state index in [0.29, 0.717) is 16.6 Å². The zero-order valence-electron chi connectivity index (χ0n) is 14.9. The quantitative estimate of drug-likeness (QED) is 0.461. The van der Waals surface area contributed by atoms with Crippen LogP contribution in [0.5, 0.6) is 5.75 Å². The Morgan fingerprint density at radius 3 is 2.67 bits per heavy atom. The number of nitrogens with zero attached hydrogens (tertiary/aromatic N) is 2. The molecule has 5 nitrogen and oxygen atoms in total. The molecule has 0 saturated carbocycles. The van der Waals surface area contributed by atoms with E-state index in [2.05, 4.69) is 15.5 Å². The van der Waals surface area contributed by atoms with E-state index in [0.717, 1.165) is 15.5 Å². The summed E-state index contributed by atoms with van der Waals surface area (Å²) >= 11 is 2.77. The number of carbonyl (C=O) groups is 1. The van der Waals surface area contributed by atoms with Crippen LogP contribution in [0, 0.1) is 19.7 Å². The Kier molecular flexibility index (Phi) is 6.41. The van der Waals surface area contributed by atoms with Gasteiger partial charge < -0.3 is 4.74 Å². The molecule has 0 aliphatic heterocycles. The molecule has 0 saturated heterocycles. The van der Waals surface area contributed by atoms with E-state index < -0.39 is 0 Å². The van der Waals surface area contributed by atoms with Gasteiger partial charge in [-0.15, -0.1) is 10.2 Å². The van der Waals surface area contributed by atoms with E-state index in [1.165, 1.54) is 40.8 Å². The number of aryl methyl sites for hydroxylation is 2. The van der Waals surface area contributed by atoms with Crippen LogP contribution in [0.1, 0.15) is 16.7 Å². The Morgan fingerprint density at radius 2 is 1.93 bits per heavy atom. The van der Waals surface area contributed by atoms with Crippen molar-refractivity contribution in [3.05, 3.63) is 65.0 Å². The molecule has 27 heavy (non-hydrogen) atoms. The number of amides is 1. The van der Waals surface area contributed by atoms with Crippen molar-refractivity contribution in [3.63, 3.8) is 0 Å². The largest absolute Gasteiger partial charge is 0.484 e. The fraction of sp³-hybridized carbons (Fsp3) is 0.211. The minimum absolute atomic E-state index is 0.0971. The van der Waals surface area contributed by atoms with Gasteiger partial charge in [0.2, 0.25) is 5.13 Å². The predicted octanol–water partition coefficient (Wildman–Crippen LogP) is 4.60. The van der Waals surface area contributed by atoms with Crippen molar-refractivity contribution in [1.82, 2.24) is 10.2 Å². The molecule has 0 spiro atoms. The van der Waals surface area contributed by atoms with Crippen molar-refractivity contribution in [2.24, 2.45) is 0 Å². The Labute approximate surface area is 165 Å². The standard InChI is InChI=1S/C19H18FN3O2S2/c1-12-3-8-16(9-13(12)2)25-10-17(24)21-18-22-23-19(27-18)26-11-14-4-6-15(20)7-5-14/h3-9H,10-11H2,1-2H3,(H,21,22,24). The minimum atomic E-state index is -0.292. The third-order valence-electron chi connectivity index (χ3n) is 3.78. The second-order valence-corrected chi connectivity index (χ2v) is 8.07. The van der Waals surface area contributed by atoms with Crippen molar-refractivity contribution in [3.8, 4) is 5.75 Å². The normalized spacial score (nSPS) is 10.6. The second-order valence-electron chi connectivity index (χ2n) is 5.87. The number of anilines is 1. The monoisotopic (exact) mass is 403 g/mol. The fourth-order valence-corrected chi connectivity index (χ4v) is 3.88. The van der Waals surface area contributed by atoms with Crippen LogP contribution < -0.4 is 10.1 Å². The highest BCUT2D eigenvalue weighted by atomic mass is 32.2. The summed E-state index contributed by atoms with van der Waals surface area (Å²) in [6.07, 6.45) is 0. The summed E-state index contributed by atoms with van der Waals surface area (Å²) in [4.78, 5) is 12.0. The van der Waals surface area contributed by atoms with Crippen LogP contribution in [0.4, 0.5) is 9.52 Å². The zero-order valence-corrected chi connectivity index (χ0v) is 16.5. The number of ether oxygens (including phenoxy) is 1. The van der Waals surface area contributed by atoms with Crippen molar-refractivity contribution in [1.29, 1.82) is 0 Å². The van der Waals surface area contributed by atoms with Crippen LogP contribution in [-0.2, 0) is 10.5 Å². The molecule has 8 heteroatoms. The lowest BCUT2D eigenvalue weighted by atomic mass is 10.1. The number of thioether (sulfide) groups is 1. The van der Waals surface area contributed by atoms with E-state index in [4.69, 9.17) is 4.74 Å². The van der Waals surface area contributed by atoms with Gasteiger partial charge in [0.25, 0.3) is 5.91 Å². The maximum atomic E-state index is 12.9. The Hall–Kier alpha value is -2.45. The molecule has 1 amide bonds. The van der Waals surface area contributed by atoms with Crippen LogP contribution >= 0.6 is 23.1 Å². The van der Waals surface area contributed by atoms with Gasteiger partial charge in [-0.2, -0.15) is 0 Å². The molecule has 1 heterocycles. The van der Waals surface area contributed by atoms with Gasteiger partial charge in [0.1, 0.15) is 11.6 Å². The SMILES string of the molecule is Cc1ccc(OCC(=O)Nc2nnc(SCc3ccc(F)cc3)s2)cc1C. The summed E-state index contributed by atoms with van der Waals surface area (Å²) in [7, 11) is 0.